The fourth-order valence-electron chi connectivity index (χ4n) is 1.81. The van der Waals surface area contributed by atoms with Gasteiger partial charge in [0.2, 0.25) is 0 Å². The molecule has 0 atom stereocenters. The molecule has 18 heavy (non-hydrogen) atoms. The van der Waals surface area contributed by atoms with E-state index in [9.17, 15) is 4.79 Å². The van der Waals surface area contributed by atoms with E-state index in [0.717, 1.165) is 11.4 Å². The number of esters is 1. The fourth-order valence-corrected chi connectivity index (χ4v) is 1.81. The van der Waals surface area contributed by atoms with E-state index in [-0.39, 0.29) is 11.5 Å². The van der Waals surface area contributed by atoms with Crippen LogP contribution in [0, 0.1) is 13.8 Å². The van der Waals surface area contributed by atoms with E-state index in [1.165, 1.54) is 7.11 Å². The second kappa shape index (κ2) is 4.48. The number of nitrogen functional groups attached to an aromatic ring is 1. The molecule has 0 aliphatic heterocycles. The first kappa shape index (κ1) is 12.1. The second-order valence-electron chi connectivity index (χ2n) is 3.83. The van der Waals surface area contributed by atoms with Gasteiger partial charge in [0.1, 0.15) is 11.6 Å². The minimum atomic E-state index is -0.545. The highest BCUT2D eigenvalue weighted by Crippen LogP contribution is 2.22. The van der Waals surface area contributed by atoms with Crippen molar-refractivity contribution in [3.8, 4) is 5.69 Å². The van der Waals surface area contributed by atoms with Gasteiger partial charge in [0.05, 0.1) is 18.5 Å². The first-order chi connectivity index (χ1) is 8.56. The summed E-state index contributed by atoms with van der Waals surface area (Å²) in [6.07, 6.45) is 1.70. The number of hydrogen-bond acceptors (Lipinski definition) is 5. The Bertz CT molecular complexity index is 604. The van der Waals surface area contributed by atoms with Crippen LogP contribution in [0.3, 0.4) is 0 Å². The molecule has 0 amide bonds. The fraction of sp³-hybridized carbons (Fsp3) is 0.250. The van der Waals surface area contributed by atoms with Crippen molar-refractivity contribution in [2.45, 2.75) is 13.8 Å². The lowest BCUT2D eigenvalue weighted by Gasteiger charge is -2.09. The Morgan fingerprint density at radius 3 is 2.78 bits per heavy atom. The van der Waals surface area contributed by atoms with Crippen LogP contribution >= 0.6 is 0 Å². The maximum absolute atomic E-state index is 11.5. The summed E-state index contributed by atoms with van der Waals surface area (Å²) in [6.45, 7) is 3.64. The highest BCUT2D eigenvalue weighted by atomic mass is 16.5. The van der Waals surface area contributed by atoms with Gasteiger partial charge in [-0.3, -0.25) is 9.55 Å². The van der Waals surface area contributed by atoms with Crippen molar-refractivity contribution in [3.05, 3.63) is 35.5 Å². The SMILES string of the molecule is COC(=O)c1nc(C)n(-c2cccnc2C)c1N. The lowest BCUT2D eigenvalue weighted by atomic mass is 10.3. The normalized spacial score (nSPS) is 10.4. The van der Waals surface area contributed by atoms with Crippen molar-refractivity contribution >= 4 is 11.8 Å². The number of pyridine rings is 1. The molecule has 0 saturated heterocycles. The van der Waals surface area contributed by atoms with E-state index >= 15 is 0 Å². The molecule has 0 aliphatic rings. The van der Waals surface area contributed by atoms with Gasteiger partial charge in [-0.15, -0.1) is 0 Å². The highest BCUT2D eigenvalue weighted by Gasteiger charge is 2.20. The Hall–Kier alpha value is -2.37. The molecule has 0 bridgehead atoms. The number of aromatic nitrogens is 3. The molecule has 6 nitrogen and oxygen atoms in total. The van der Waals surface area contributed by atoms with Crippen LogP contribution in [0.25, 0.3) is 5.69 Å². The minimum absolute atomic E-state index is 0.123. The largest absolute Gasteiger partial charge is 0.464 e. The number of carbonyl (C=O) groups excluding carboxylic acids is 1. The summed E-state index contributed by atoms with van der Waals surface area (Å²) < 4.78 is 6.33. The lowest BCUT2D eigenvalue weighted by Crippen LogP contribution is -2.08. The topological polar surface area (TPSA) is 83.0 Å². The average Bonchev–Trinajstić information content (AvgIpc) is 2.65. The van der Waals surface area contributed by atoms with Gasteiger partial charge in [0.15, 0.2) is 5.69 Å². The molecule has 2 rings (SSSR count). The summed E-state index contributed by atoms with van der Waals surface area (Å²) >= 11 is 0. The predicted octanol–water partition coefficient (Wildman–Crippen LogP) is 1.25. The number of ether oxygens (including phenoxy) is 1. The molecule has 0 spiro atoms. The molecule has 2 heterocycles. The van der Waals surface area contributed by atoms with Crippen LogP contribution in [0.2, 0.25) is 0 Å². The van der Waals surface area contributed by atoms with Crippen molar-refractivity contribution in [2.75, 3.05) is 12.8 Å². The number of nitrogens with zero attached hydrogens (tertiary/aromatic N) is 3. The average molecular weight is 246 g/mol. The molecule has 94 valence electrons. The van der Waals surface area contributed by atoms with Gasteiger partial charge in [0.25, 0.3) is 0 Å². The third kappa shape index (κ3) is 1.81. The van der Waals surface area contributed by atoms with Crippen LogP contribution in [0.15, 0.2) is 18.3 Å². The van der Waals surface area contributed by atoms with E-state index in [1.807, 2.05) is 13.0 Å². The smallest absolute Gasteiger partial charge is 0.360 e. The van der Waals surface area contributed by atoms with Gasteiger partial charge in [-0.25, -0.2) is 9.78 Å². The number of carbonyl (C=O) groups is 1. The van der Waals surface area contributed by atoms with Crippen molar-refractivity contribution in [1.29, 1.82) is 0 Å². The van der Waals surface area contributed by atoms with E-state index < -0.39 is 5.97 Å². The minimum Gasteiger partial charge on any atom is -0.464 e. The van der Waals surface area contributed by atoms with E-state index in [2.05, 4.69) is 14.7 Å². The summed E-state index contributed by atoms with van der Waals surface area (Å²) in [5.41, 5.74) is 7.68. The molecule has 2 N–H and O–H groups in total. The summed E-state index contributed by atoms with van der Waals surface area (Å²) in [5.74, 6) is 0.329. The lowest BCUT2D eigenvalue weighted by molar-refractivity contribution is 0.0596. The van der Waals surface area contributed by atoms with E-state index in [4.69, 9.17) is 5.73 Å². The molecule has 2 aromatic heterocycles. The highest BCUT2D eigenvalue weighted by molar-refractivity contribution is 5.92. The summed E-state index contributed by atoms with van der Waals surface area (Å²) in [5, 5.41) is 0. The maximum atomic E-state index is 11.5. The Labute approximate surface area is 104 Å². The molecule has 6 heteroatoms. The standard InChI is InChI=1S/C12H14N4O2/c1-7-9(5-4-6-14-7)16-8(2)15-10(11(16)13)12(17)18-3/h4-6H,13H2,1-3H3. The number of nitrogens with two attached hydrogens (primary N) is 1. The number of anilines is 1. The molecule has 0 saturated carbocycles. The zero-order valence-corrected chi connectivity index (χ0v) is 10.5. The zero-order chi connectivity index (χ0) is 13.3. The summed E-state index contributed by atoms with van der Waals surface area (Å²) in [6, 6.07) is 3.67. The van der Waals surface area contributed by atoms with Crippen LogP contribution in [0.1, 0.15) is 22.0 Å². The number of aryl methyl sites for hydroxylation is 2. The van der Waals surface area contributed by atoms with Gasteiger partial charge < -0.3 is 10.5 Å². The van der Waals surface area contributed by atoms with Gasteiger partial charge in [-0.1, -0.05) is 0 Å². The van der Waals surface area contributed by atoms with Gasteiger partial charge in [0, 0.05) is 6.20 Å². The van der Waals surface area contributed by atoms with E-state index in [0.29, 0.717) is 5.82 Å². The van der Waals surface area contributed by atoms with Gasteiger partial charge >= 0.3 is 5.97 Å². The van der Waals surface area contributed by atoms with E-state index in [1.54, 1.807) is 23.8 Å². The third-order valence-corrected chi connectivity index (χ3v) is 2.68. The molecule has 0 radical (unpaired) electrons. The number of imidazole rings is 1. The third-order valence-electron chi connectivity index (χ3n) is 2.68. The van der Waals surface area contributed by atoms with Crippen LogP contribution in [0.5, 0.6) is 0 Å². The maximum Gasteiger partial charge on any atom is 0.360 e. The molecular formula is C12H14N4O2. The van der Waals surface area contributed by atoms with Crippen molar-refractivity contribution < 1.29 is 9.53 Å². The Morgan fingerprint density at radius 2 is 2.17 bits per heavy atom. The number of hydrogen-bond donors (Lipinski definition) is 1. The van der Waals surface area contributed by atoms with Crippen LogP contribution in [0.4, 0.5) is 5.82 Å². The van der Waals surface area contributed by atoms with Crippen LogP contribution in [-0.2, 0) is 4.74 Å². The molecule has 0 aliphatic carbocycles. The Morgan fingerprint density at radius 1 is 1.44 bits per heavy atom. The monoisotopic (exact) mass is 246 g/mol. The molecular weight excluding hydrogens is 232 g/mol. The molecule has 0 unspecified atom stereocenters. The quantitative estimate of drug-likeness (QED) is 0.806. The summed E-state index contributed by atoms with van der Waals surface area (Å²) in [7, 11) is 1.30. The molecule has 0 aromatic carbocycles. The van der Waals surface area contributed by atoms with Gasteiger partial charge in [-0.05, 0) is 26.0 Å². The number of methoxy groups -OCH3 is 1. The van der Waals surface area contributed by atoms with Crippen LogP contribution < -0.4 is 5.73 Å². The van der Waals surface area contributed by atoms with Crippen molar-refractivity contribution in [2.24, 2.45) is 0 Å². The van der Waals surface area contributed by atoms with Gasteiger partial charge in [-0.2, -0.15) is 0 Å². The Balaban J connectivity index is 2.63. The first-order valence-electron chi connectivity index (χ1n) is 5.41. The zero-order valence-electron chi connectivity index (χ0n) is 10.5. The Kier molecular flexibility index (Phi) is 3.01. The second-order valence-corrected chi connectivity index (χ2v) is 3.83. The van der Waals surface area contributed by atoms with Crippen molar-refractivity contribution in [3.63, 3.8) is 0 Å². The van der Waals surface area contributed by atoms with Crippen LogP contribution in [-0.4, -0.2) is 27.6 Å². The predicted molar refractivity (Wildman–Crippen MR) is 66.6 cm³/mol. The molecule has 0 fully saturated rings. The summed E-state index contributed by atoms with van der Waals surface area (Å²) in [4.78, 5) is 19.8. The molecule has 2 aromatic rings. The first-order valence-corrected chi connectivity index (χ1v) is 5.41. The van der Waals surface area contributed by atoms with Crippen molar-refractivity contribution in [1.82, 2.24) is 14.5 Å². The number of rotatable bonds is 2.